The molecule has 0 aromatic carbocycles. The Hall–Kier alpha value is -2.35. The lowest BCUT2D eigenvalue weighted by Crippen LogP contribution is -2.31. The van der Waals surface area contributed by atoms with Gasteiger partial charge < -0.3 is 10.1 Å². The van der Waals surface area contributed by atoms with Gasteiger partial charge in [-0.05, 0) is 39.3 Å². The van der Waals surface area contributed by atoms with Gasteiger partial charge in [-0.15, -0.1) is 5.10 Å². The van der Waals surface area contributed by atoms with Crippen molar-refractivity contribution in [1.29, 1.82) is 0 Å². The number of pyridine rings is 1. The molecule has 1 atom stereocenters. The molecular formula is C18H23N5O2S. The number of anilines is 1. The van der Waals surface area contributed by atoms with Gasteiger partial charge in [0.15, 0.2) is 0 Å². The van der Waals surface area contributed by atoms with Crippen molar-refractivity contribution in [3.63, 3.8) is 0 Å². The Bertz CT molecular complexity index is 816. The minimum Gasteiger partial charge on any atom is -0.459 e. The molecule has 26 heavy (non-hydrogen) atoms. The van der Waals surface area contributed by atoms with Gasteiger partial charge in [-0.3, -0.25) is 4.98 Å². The summed E-state index contributed by atoms with van der Waals surface area (Å²) < 4.78 is 7.19. The van der Waals surface area contributed by atoms with Crippen molar-refractivity contribution in [1.82, 2.24) is 19.7 Å². The predicted octanol–water partition coefficient (Wildman–Crippen LogP) is 3.42. The lowest BCUT2D eigenvalue weighted by atomic mass is 10.00. The van der Waals surface area contributed by atoms with Gasteiger partial charge in [-0.1, -0.05) is 24.8 Å². The number of carbonyl (C=O) groups is 1. The summed E-state index contributed by atoms with van der Waals surface area (Å²) in [5.41, 5.74) is 1.93. The molecule has 1 aliphatic rings. The molecule has 0 aliphatic carbocycles. The SMILES string of the molecule is CCCSc1nc2n(n1)C(c1ccccn1)C(C(=O)OC(C)C)=C(C)N2. The van der Waals surface area contributed by atoms with Crippen LogP contribution in [-0.4, -0.2) is 37.6 Å². The molecule has 7 nitrogen and oxygen atoms in total. The average Bonchev–Trinajstić information content (AvgIpc) is 3.01. The number of aromatic nitrogens is 4. The molecule has 0 saturated heterocycles. The zero-order valence-corrected chi connectivity index (χ0v) is 16.2. The third-order valence-corrected chi connectivity index (χ3v) is 4.84. The number of fused-ring (bicyclic) bond motifs is 1. The standard InChI is InChI=1S/C18H23N5O2S/c1-5-10-26-18-21-17-20-12(4)14(16(24)25-11(2)3)15(23(17)22-18)13-8-6-7-9-19-13/h6-9,11,15H,5,10H2,1-4H3,(H,20,21,22). The smallest absolute Gasteiger partial charge is 0.338 e. The first kappa shape index (κ1) is 18.4. The van der Waals surface area contributed by atoms with Crippen molar-refractivity contribution in [2.24, 2.45) is 0 Å². The number of allylic oxidation sites excluding steroid dienone is 1. The Morgan fingerprint density at radius 2 is 2.23 bits per heavy atom. The van der Waals surface area contributed by atoms with Crippen LogP contribution in [0, 0.1) is 0 Å². The van der Waals surface area contributed by atoms with Gasteiger partial charge in [0.25, 0.3) is 0 Å². The Morgan fingerprint density at radius 1 is 1.42 bits per heavy atom. The molecule has 0 spiro atoms. The van der Waals surface area contributed by atoms with Crippen LogP contribution in [0.15, 0.2) is 40.8 Å². The molecule has 0 bridgehead atoms. The number of rotatable bonds is 6. The van der Waals surface area contributed by atoms with Crippen LogP contribution < -0.4 is 5.32 Å². The highest BCUT2D eigenvalue weighted by Crippen LogP contribution is 2.36. The highest BCUT2D eigenvalue weighted by Gasteiger charge is 2.36. The summed E-state index contributed by atoms with van der Waals surface area (Å²) in [7, 11) is 0. The average molecular weight is 373 g/mol. The molecule has 138 valence electrons. The quantitative estimate of drug-likeness (QED) is 0.614. The minimum absolute atomic E-state index is 0.208. The summed E-state index contributed by atoms with van der Waals surface area (Å²) in [6, 6.07) is 5.16. The van der Waals surface area contributed by atoms with Crippen LogP contribution >= 0.6 is 11.8 Å². The van der Waals surface area contributed by atoms with E-state index in [2.05, 4.69) is 27.3 Å². The highest BCUT2D eigenvalue weighted by molar-refractivity contribution is 7.99. The number of thioether (sulfide) groups is 1. The van der Waals surface area contributed by atoms with E-state index < -0.39 is 6.04 Å². The second-order valence-electron chi connectivity index (χ2n) is 6.29. The van der Waals surface area contributed by atoms with Gasteiger partial charge >= 0.3 is 5.97 Å². The van der Waals surface area contributed by atoms with Crippen LogP contribution in [0.5, 0.6) is 0 Å². The van der Waals surface area contributed by atoms with E-state index >= 15 is 0 Å². The zero-order chi connectivity index (χ0) is 18.7. The maximum absolute atomic E-state index is 12.8. The molecule has 1 unspecified atom stereocenters. The Morgan fingerprint density at radius 3 is 2.88 bits per heavy atom. The Labute approximate surface area is 157 Å². The summed E-state index contributed by atoms with van der Waals surface area (Å²) in [5.74, 6) is 1.18. The van der Waals surface area contributed by atoms with Gasteiger partial charge in [0, 0.05) is 17.6 Å². The molecule has 1 N–H and O–H groups in total. The van der Waals surface area contributed by atoms with Gasteiger partial charge in [0.2, 0.25) is 11.1 Å². The zero-order valence-electron chi connectivity index (χ0n) is 15.4. The lowest BCUT2D eigenvalue weighted by Gasteiger charge is -2.27. The van der Waals surface area contributed by atoms with Crippen LogP contribution in [0.2, 0.25) is 0 Å². The fourth-order valence-corrected chi connectivity index (χ4v) is 3.42. The highest BCUT2D eigenvalue weighted by atomic mass is 32.2. The third-order valence-electron chi connectivity index (χ3n) is 3.80. The number of nitrogens with zero attached hydrogens (tertiary/aromatic N) is 4. The molecule has 0 fully saturated rings. The van der Waals surface area contributed by atoms with Gasteiger partial charge in [-0.25, -0.2) is 9.48 Å². The predicted molar refractivity (Wildman–Crippen MR) is 101 cm³/mol. The number of ether oxygens (including phenoxy) is 1. The number of nitrogens with one attached hydrogen (secondary N) is 1. The molecule has 2 aromatic heterocycles. The number of esters is 1. The van der Waals surface area contributed by atoms with Crippen LogP contribution in [0.3, 0.4) is 0 Å². The van der Waals surface area contributed by atoms with Gasteiger partial charge in [-0.2, -0.15) is 4.98 Å². The van der Waals surface area contributed by atoms with Crippen molar-refractivity contribution in [2.75, 3.05) is 11.1 Å². The van der Waals surface area contributed by atoms with Crippen LogP contribution in [0.25, 0.3) is 0 Å². The maximum atomic E-state index is 12.8. The van der Waals surface area contributed by atoms with Crippen molar-refractivity contribution in [3.05, 3.63) is 41.4 Å². The fraction of sp³-hybridized carbons (Fsp3) is 0.444. The molecule has 3 rings (SSSR count). The summed E-state index contributed by atoms with van der Waals surface area (Å²) >= 11 is 1.59. The number of hydrogen-bond donors (Lipinski definition) is 1. The second-order valence-corrected chi connectivity index (χ2v) is 7.35. The van der Waals surface area contributed by atoms with E-state index in [4.69, 9.17) is 4.74 Å². The first-order valence-corrected chi connectivity index (χ1v) is 9.68. The first-order chi connectivity index (χ1) is 12.5. The second kappa shape index (κ2) is 7.90. The van der Waals surface area contributed by atoms with E-state index in [9.17, 15) is 4.79 Å². The minimum atomic E-state index is -0.470. The van der Waals surface area contributed by atoms with E-state index in [0.717, 1.165) is 17.9 Å². The molecule has 2 aromatic rings. The maximum Gasteiger partial charge on any atom is 0.338 e. The van der Waals surface area contributed by atoms with Gasteiger partial charge in [0.1, 0.15) is 6.04 Å². The topological polar surface area (TPSA) is 81.9 Å². The third kappa shape index (κ3) is 3.75. The van der Waals surface area contributed by atoms with E-state index in [1.165, 1.54) is 0 Å². The van der Waals surface area contributed by atoms with Crippen LogP contribution in [0.4, 0.5) is 5.95 Å². The van der Waals surface area contributed by atoms with Crippen molar-refractivity contribution < 1.29 is 9.53 Å². The monoisotopic (exact) mass is 373 g/mol. The van der Waals surface area contributed by atoms with E-state index in [-0.39, 0.29) is 12.1 Å². The van der Waals surface area contributed by atoms with Crippen LogP contribution in [-0.2, 0) is 9.53 Å². The molecule has 8 heteroatoms. The number of carbonyl (C=O) groups excluding carboxylic acids is 1. The largest absolute Gasteiger partial charge is 0.459 e. The summed E-state index contributed by atoms with van der Waals surface area (Å²) in [6.07, 6.45) is 2.54. The van der Waals surface area contributed by atoms with E-state index in [0.29, 0.717) is 22.4 Å². The number of hydrogen-bond acceptors (Lipinski definition) is 7. The first-order valence-electron chi connectivity index (χ1n) is 8.70. The Balaban J connectivity index is 2.06. The van der Waals surface area contributed by atoms with Crippen LogP contribution in [0.1, 0.15) is 45.9 Å². The molecule has 0 radical (unpaired) electrons. The van der Waals surface area contributed by atoms with Crippen molar-refractivity contribution in [3.8, 4) is 0 Å². The summed E-state index contributed by atoms with van der Waals surface area (Å²) in [5, 5.41) is 8.49. The molecule has 0 saturated carbocycles. The van der Waals surface area contributed by atoms with E-state index in [1.54, 1.807) is 22.6 Å². The molecule has 0 amide bonds. The Kier molecular flexibility index (Phi) is 5.61. The van der Waals surface area contributed by atoms with Gasteiger partial charge in [0.05, 0.1) is 17.4 Å². The summed E-state index contributed by atoms with van der Waals surface area (Å²) in [4.78, 5) is 21.8. The molecule has 1 aliphatic heterocycles. The molecule has 3 heterocycles. The lowest BCUT2D eigenvalue weighted by molar-refractivity contribution is -0.143. The van der Waals surface area contributed by atoms with Crippen molar-refractivity contribution in [2.45, 2.75) is 51.4 Å². The fourth-order valence-electron chi connectivity index (χ4n) is 2.74. The summed E-state index contributed by atoms with van der Waals surface area (Å²) in [6.45, 7) is 7.63. The molecular weight excluding hydrogens is 350 g/mol. The van der Waals surface area contributed by atoms with E-state index in [1.807, 2.05) is 39.0 Å². The normalized spacial score (nSPS) is 16.4. The van der Waals surface area contributed by atoms with Crippen molar-refractivity contribution >= 4 is 23.7 Å².